The number of carbonyl (C=O) groups is 2. The summed E-state index contributed by atoms with van der Waals surface area (Å²) in [6.07, 6.45) is 1.33. The van der Waals surface area contributed by atoms with Crippen LogP contribution < -0.4 is 10.1 Å². The third kappa shape index (κ3) is 5.81. The van der Waals surface area contributed by atoms with Crippen LogP contribution in [0.15, 0.2) is 17.7 Å². The zero-order valence-corrected chi connectivity index (χ0v) is 13.9. The summed E-state index contributed by atoms with van der Waals surface area (Å²) in [7, 11) is 0. The van der Waals surface area contributed by atoms with E-state index < -0.39 is 18.5 Å². The number of ether oxygens (including phenoxy) is 1. The number of carboxylic acids is 1. The van der Waals surface area contributed by atoms with Crippen LogP contribution in [-0.2, 0) is 9.59 Å². The number of nitrogens with one attached hydrogen (secondary N) is 1. The maximum absolute atomic E-state index is 11.8. The number of carbonyl (C=O) groups excluding carboxylic acids is 1. The van der Waals surface area contributed by atoms with Gasteiger partial charge < -0.3 is 15.2 Å². The lowest BCUT2D eigenvalue weighted by Crippen LogP contribution is -2.30. The topological polar surface area (TPSA) is 99.4 Å². The molecule has 23 heavy (non-hydrogen) atoms. The lowest BCUT2D eigenvalue weighted by Gasteiger charge is -2.10. The Bertz CT molecular complexity index is 670. The summed E-state index contributed by atoms with van der Waals surface area (Å²) in [5, 5.41) is 20.4. The molecule has 0 aromatic heterocycles. The van der Waals surface area contributed by atoms with Crippen molar-refractivity contribution in [2.75, 3.05) is 6.61 Å². The smallest absolute Gasteiger partial charge is 0.341 e. The lowest BCUT2D eigenvalue weighted by atomic mass is 10.1. The molecule has 0 spiro atoms. The van der Waals surface area contributed by atoms with Gasteiger partial charge >= 0.3 is 5.97 Å². The standard InChI is InChI=1S/C15H14Cl2N2O4/c1-8(2)19-15(22)10(6-18)3-9-4-11(16)14(12(17)5-9)23-7-13(20)21/h3-5,8H,7H2,1-2H3,(H,19,22)(H,20,21)/b10-3-. The van der Waals surface area contributed by atoms with E-state index in [1.165, 1.54) is 18.2 Å². The molecule has 1 rings (SSSR count). The molecular formula is C15H14Cl2N2O4. The Morgan fingerprint density at radius 1 is 1.39 bits per heavy atom. The Labute approximate surface area is 143 Å². The molecule has 0 fully saturated rings. The maximum Gasteiger partial charge on any atom is 0.341 e. The number of amides is 1. The van der Waals surface area contributed by atoms with Crippen molar-refractivity contribution in [3.63, 3.8) is 0 Å². The molecule has 2 N–H and O–H groups in total. The Morgan fingerprint density at radius 3 is 2.39 bits per heavy atom. The van der Waals surface area contributed by atoms with E-state index in [4.69, 9.17) is 38.3 Å². The van der Waals surface area contributed by atoms with E-state index in [9.17, 15) is 9.59 Å². The summed E-state index contributed by atoms with van der Waals surface area (Å²) in [4.78, 5) is 22.4. The summed E-state index contributed by atoms with van der Waals surface area (Å²) in [6, 6.07) is 4.53. The third-order valence-electron chi connectivity index (χ3n) is 2.46. The molecule has 0 aliphatic carbocycles. The fourth-order valence-corrected chi connectivity index (χ4v) is 2.20. The first-order valence-electron chi connectivity index (χ1n) is 6.51. The Morgan fingerprint density at radius 2 is 1.96 bits per heavy atom. The monoisotopic (exact) mass is 356 g/mol. The van der Waals surface area contributed by atoms with E-state index in [0.29, 0.717) is 5.56 Å². The number of nitrogens with zero attached hydrogens (tertiary/aromatic N) is 1. The van der Waals surface area contributed by atoms with E-state index >= 15 is 0 Å². The average Bonchev–Trinajstić information content (AvgIpc) is 2.42. The third-order valence-corrected chi connectivity index (χ3v) is 3.02. The highest BCUT2D eigenvalue weighted by molar-refractivity contribution is 6.37. The second-order valence-electron chi connectivity index (χ2n) is 4.79. The molecule has 0 atom stereocenters. The largest absolute Gasteiger partial charge is 0.479 e. The highest BCUT2D eigenvalue weighted by Gasteiger charge is 2.14. The van der Waals surface area contributed by atoms with Crippen molar-refractivity contribution in [2.24, 2.45) is 0 Å². The molecule has 0 saturated carbocycles. The van der Waals surface area contributed by atoms with Gasteiger partial charge in [0.15, 0.2) is 12.4 Å². The molecule has 0 heterocycles. The number of carboxylic acid groups (broad SMARTS) is 1. The number of benzene rings is 1. The maximum atomic E-state index is 11.8. The van der Waals surface area contributed by atoms with Gasteiger partial charge in [0.25, 0.3) is 5.91 Å². The van der Waals surface area contributed by atoms with Crippen molar-refractivity contribution in [3.05, 3.63) is 33.3 Å². The van der Waals surface area contributed by atoms with Gasteiger partial charge in [0.05, 0.1) is 10.0 Å². The highest BCUT2D eigenvalue weighted by Crippen LogP contribution is 2.34. The first-order valence-corrected chi connectivity index (χ1v) is 7.26. The zero-order valence-electron chi connectivity index (χ0n) is 12.4. The summed E-state index contributed by atoms with van der Waals surface area (Å²) in [5.74, 6) is -1.66. The number of rotatable bonds is 6. The molecular weight excluding hydrogens is 343 g/mol. The molecule has 0 bridgehead atoms. The van der Waals surface area contributed by atoms with Gasteiger partial charge in [0.2, 0.25) is 0 Å². The van der Waals surface area contributed by atoms with Crippen LogP contribution in [0.25, 0.3) is 6.08 Å². The van der Waals surface area contributed by atoms with Gasteiger partial charge in [-0.3, -0.25) is 4.79 Å². The molecule has 1 aromatic rings. The lowest BCUT2D eigenvalue weighted by molar-refractivity contribution is -0.139. The number of nitriles is 1. The molecule has 122 valence electrons. The molecule has 1 aromatic carbocycles. The first-order chi connectivity index (χ1) is 10.7. The Hall–Kier alpha value is -2.23. The second kappa shape index (κ2) is 8.42. The van der Waals surface area contributed by atoms with Gasteiger partial charge in [0, 0.05) is 6.04 Å². The van der Waals surface area contributed by atoms with Crippen molar-refractivity contribution >= 4 is 41.2 Å². The Kier molecular flexibility index (Phi) is 6.89. The molecule has 0 saturated heterocycles. The van der Waals surface area contributed by atoms with E-state index in [0.717, 1.165) is 0 Å². The molecule has 1 amide bonds. The van der Waals surface area contributed by atoms with Gasteiger partial charge in [-0.1, -0.05) is 23.2 Å². The van der Waals surface area contributed by atoms with Crippen LogP contribution in [0, 0.1) is 11.3 Å². The van der Waals surface area contributed by atoms with Crippen LogP contribution in [0.1, 0.15) is 19.4 Å². The van der Waals surface area contributed by atoms with Gasteiger partial charge in [0.1, 0.15) is 11.6 Å². The number of aliphatic carboxylic acids is 1. The van der Waals surface area contributed by atoms with Gasteiger partial charge in [-0.2, -0.15) is 5.26 Å². The zero-order chi connectivity index (χ0) is 17.6. The van der Waals surface area contributed by atoms with E-state index in [-0.39, 0.29) is 27.4 Å². The average molecular weight is 357 g/mol. The van der Waals surface area contributed by atoms with Crippen molar-refractivity contribution in [1.82, 2.24) is 5.32 Å². The van der Waals surface area contributed by atoms with Crippen molar-refractivity contribution in [2.45, 2.75) is 19.9 Å². The Balaban J connectivity index is 3.10. The van der Waals surface area contributed by atoms with E-state index in [2.05, 4.69) is 5.32 Å². The summed E-state index contributed by atoms with van der Waals surface area (Å²) >= 11 is 12.0. The van der Waals surface area contributed by atoms with Crippen LogP contribution in [0.3, 0.4) is 0 Å². The molecule has 8 heteroatoms. The number of hydrogen-bond acceptors (Lipinski definition) is 4. The minimum atomic E-state index is -1.17. The van der Waals surface area contributed by atoms with E-state index in [1.54, 1.807) is 19.9 Å². The minimum Gasteiger partial charge on any atom is -0.479 e. The molecule has 0 unspecified atom stereocenters. The van der Waals surface area contributed by atoms with Gasteiger partial charge in [-0.15, -0.1) is 0 Å². The highest BCUT2D eigenvalue weighted by atomic mass is 35.5. The quantitative estimate of drug-likeness (QED) is 0.602. The van der Waals surface area contributed by atoms with Crippen LogP contribution in [0.5, 0.6) is 5.75 Å². The SMILES string of the molecule is CC(C)NC(=O)/C(C#N)=C\c1cc(Cl)c(OCC(=O)O)c(Cl)c1. The molecule has 6 nitrogen and oxygen atoms in total. The van der Waals surface area contributed by atoms with Gasteiger partial charge in [-0.25, -0.2) is 4.79 Å². The first kappa shape index (κ1) is 18.8. The van der Waals surface area contributed by atoms with Crippen LogP contribution in [0.4, 0.5) is 0 Å². The molecule has 0 radical (unpaired) electrons. The minimum absolute atomic E-state index is 0.0259. The van der Waals surface area contributed by atoms with Crippen LogP contribution >= 0.6 is 23.2 Å². The summed E-state index contributed by atoms with van der Waals surface area (Å²) in [5.41, 5.74) is 0.308. The normalized spacial score (nSPS) is 11.0. The van der Waals surface area contributed by atoms with Crippen molar-refractivity contribution < 1.29 is 19.4 Å². The number of halogens is 2. The summed E-state index contributed by atoms with van der Waals surface area (Å²) < 4.78 is 4.99. The van der Waals surface area contributed by atoms with E-state index in [1.807, 2.05) is 0 Å². The van der Waals surface area contributed by atoms with Crippen molar-refractivity contribution in [3.8, 4) is 11.8 Å². The van der Waals surface area contributed by atoms with Crippen LogP contribution in [-0.4, -0.2) is 29.6 Å². The fourth-order valence-electron chi connectivity index (χ4n) is 1.59. The molecule has 0 aliphatic heterocycles. The van der Waals surface area contributed by atoms with Gasteiger partial charge in [-0.05, 0) is 37.6 Å². The summed E-state index contributed by atoms with van der Waals surface area (Å²) in [6.45, 7) is 2.96. The fraction of sp³-hybridized carbons (Fsp3) is 0.267. The second-order valence-corrected chi connectivity index (χ2v) is 5.61. The van der Waals surface area contributed by atoms with Crippen LogP contribution in [0.2, 0.25) is 10.0 Å². The number of hydrogen-bond donors (Lipinski definition) is 2. The molecule has 0 aliphatic rings. The predicted octanol–water partition coefficient (Wildman–Crippen LogP) is 2.89. The van der Waals surface area contributed by atoms with Crippen molar-refractivity contribution in [1.29, 1.82) is 5.26 Å². The predicted molar refractivity (Wildman–Crippen MR) is 86.5 cm³/mol.